The minimum Gasteiger partial charge on any atom is -0.302 e. The summed E-state index contributed by atoms with van der Waals surface area (Å²) in [5.41, 5.74) is 0. The van der Waals surface area contributed by atoms with Crippen LogP contribution in [0.2, 0.25) is 0 Å². The van der Waals surface area contributed by atoms with Crippen LogP contribution in [0.3, 0.4) is 0 Å². The van der Waals surface area contributed by atoms with Gasteiger partial charge in [0.05, 0.1) is 0 Å². The predicted molar refractivity (Wildman–Crippen MR) is 65.1 cm³/mol. The van der Waals surface area contributed by atoms with Gasteiger partial charge in [0.2, 0.25) is 0 Å². The van der Waals surface area contributed by atoms with E-state index in [9.17, 15) is 0 Å². The van der Waals surface area contributed by atoms with Gasteiger partial charge in [-0.15, -0.1) is 0 Å². The fraction of sp³-hybridized carbons (Fsp3) is 1.00. The molecule has 0 aliphatic carbocycles. The van der Waals surface area contributed by atoms with Crippen molar-refractivity contribution < 1.29 is 0 Å². The fourth-order valence-electron chi connectivity index (χ4n) is 2.93. The second kappa shape index (κ2) is 5.31. The Hall–Kier alpha value is -0.0800. The maximum Gasteiger partial charge on any atom is 0.0223 e. The molecule has 0 aromatic heterocycles. The zero-order valence-electron chi connectivity index (χ0n) is 10.4. The molecule has 2 aliphatic heterocycles. The molecule has 0 aromatic rings. The highest BCUT2D eigenvalue weighted by molar-refractivity contribution is 4.84. The van der Waals surface area contributed by atoms with Crippen LogP contribution < -0.4 is 0 Å². The number of nitrogens with zero attached hydrogens (tertiary/aromatic N) is 2. The van der Waals surface area contributed by atoms with Crippen molar-refractivity contribution in [2.24, 2.45) is 5.92 Å². The quantitative estimate of drug-likeness (QED) is 0.704. The van der Waals surface area contributed by atoms with E-state index < -0.39 is 0 Å². The van der Waals surface area contributed by atoms with E-state index in [2.05, 4.69) is 23.6 Å². The molecule has 1 unspecified atom stereocenters. The Labute approximate surface area is 94.6 Å². The van der Waals surface area contributed by atoms with Crippen LogP contribution in [0.25, 0.3) is 0 Å². The van der Waals surface area contributed by atoms with Crippen LogP contribution in [0.1, 0.15) is 39.5 Å². The summed E-state index contributed by atoms with van der Waals surface area (Å²) < 4.78 is 0. The lowest BCUT2D eigenvalue weighted by molar-refractivity contribution is 0.213. The Morgan fingerprint density at radius 2 is 1.93 bits per heavy atom. The zero-order chi connectivity index (χ0) is 10.7. The zero-order valence-corrected chi connectivity index (χ0v) is 10.4. The average molecular weight is 210 g/mol. The Morgan fingerprint density at radius 3 is 2.73 bits per heavy atom. The van der Waals surface area contributed by atoms with E-state index in [1.165, 1.54) is 58.4 Å². The smallest absolute Gasteiger partial charge is 0.0223 e. The van der Waals surface area contributed by atoms with Crippen LogP contribution in [0, 0.1) is 5.92 Å². The summed E-state index contributed by atoms with van der Waals surface area (Å²) in [5, 5.41) is 0. The first-order chi connectivity index (χ1) is 7.25. The van der Waals surface area contributed by atoms with Gasteiger partial charge >= 0.3 is 0 Å². The molecule has 15 heavy (non-hydrogen) atoms. The standard InChI is InChI=1S/C13H26N2/c1-12(2)6-10-14-7-4-9-15-8-3-5-13(15)11-14/h12-13H,3-11H2,1-2H3. The number of rotatable bonds is 3. The first kappa shape index (κ1) is 11.4. The molecule has 2 saturated heterocycles. The van der Waals surface area contributed by atoms with Crippen LogP contribution in [-0.2, 0) is 0 Å². The van der Waals surface area contributed by atoms with E-state index in [-0.39, 0.29) is 0 Å². The summed E-state index contributed by atoms with van der Waals surface area (Å²) >= 11 is 0. The van der Waals surface area contributed by atoms with Crippen molar-refractivity contribution in [3.63, 3.8) is 0 Å². The maximum atomic E-state index is 2.72. The van der Waals surface area contributed by atoms with Crippen LogP contribution in [0.5, 0.6) is 0 Å². The Kier molecular flexibility index (Phi) is 4.04. The van der Waals surface area contributed by atoms with Gasteiger partial charge in [0.1, 0.15) is 0 Å². The molecule has 2 heterocycles. The van der Waals surface area contributed by atoms with Gasteiger partial charge in [-0.2, -0.15) is 0 Å². The number of hydrogen-bond donors (Lipinski definition) is 0. The normalized spacial score (nSPS) is 29.4. The largest absolute Gasteiger partial charge is 0.302 e. The van der Waals surface area contributed by atoms with Gasteiger partial charge < -0.3 is 4.90 Å². The lowest BCUT2D eigenvalue weighted by Crippen LogP contribution is -2.37. The van der Waals surface area contributed by atoms with E-state index in [1.54, 1.807) is 0 Å². The first-order valence-electron chi connectivity index (χ1n) is 6.72. The van der Waals surface area contributed by atoms with Gasteiger partial charge in [-0.05, 0) is 57.8 Å². The molecular weight excluding hydrogens is 184 g/mol. The van der Waals surface area contributed by atoms with Gasteiger partial charge in [0.15, 0.2) is 0 Å². The monoisotopic (exact) mass is 210 g/mol. The van der Waals surface area contributed by atoms with Crippen LogP contribution in [0.4, 0.5) is 0 Å². The maximum absolute atomic E-state index is 2.72. The van der Waals surface area contributed by atoms with Crippen molar-refractivity contribution in [3.05, 3.63) is 0 Å². The van der Waals surface area contributed by atoms with Gasteiger partial charge in [0, 0.05) is 12.6 Å². The second-order valence-electron chi connectivity index (χ2n) is 5.67. The molecule has 0 aromatic carbocycles. The van der Waals surface area contributed by atoms with Gasteiger partial charge in [-0.25, -0.2) is 0 Å². The van der Waals surface area contributed by atoms with E-state index in [4.69, 9.17) is 0 Å². The Morgan fingerprint density at radius 1 is 1.13 bits per heavy atom. The van der Waals surface area contributed by atoms with E-state index in [0.29, 0.717) is 0 Å². The molecule has 88 valence electrons. The molecule has 0 bridgehead atoms. The van der Waals surface area contributed by atoms with Crippen molar-refractivity contribution in [1.82, 2.24) is 9.80 Å². The molecule has 2 heteroatoms. The Bertz CT molecular complexity index is 191. The Balaban J connectivity index is 1.80. The van der Waals surface area contributed by atoms with Gasteiger partial charge in [-0.1, -0.05) is 13.8 Å². The third kappa shape index (κ3) is 3.18. The molecular formula is C13H26N2. The summed E-state index contributed by atoms with van der Waals surface area (Å²) in [6.07, 6.45) is 5.63. The third-order valence-electron chi connectivity index (χ3n) is 3.91. The van der Waals surface area contributed by atoms with Crippen molar-refractivity contribution in [2.45, 2.75) is 45.6 Å². The van der Waals surface area contributed by atoms with E-state index in [0.717, 1.165) is 12.0 Å². The minimum absolute atomic E-state index is 0.855. The summed E-state index contributed by atoms with van der Waals surface area (Å²) in [7, 11) is 0. The van der Waals surface area contributed by atoms with Crippen molar-refractivity contribution in [3.8, 4) is 0 Å². The summed E-state index contributed by atoms with van der Waals surface area (Å²) in [6, 6.07) is 0.889. The molecule has 0 spiro atoms. The molecule has 2 fully saturated rings. The SMILES string of the molecule is CC(C)CCN1CCCN2CCCC2C1. The predicted octanol–water partition coefficient (Wildman–Crippen LogP) is 2.20. The van der Waals surface area contributed by atoms with E-state index in [1.807, 2.05) is 0 Å². The highest BCUT2D eigenvalue weighted by Gasteiger charge is 2.28. The molecule has 2 rings (SSSR count). The lowest BCUT2D eigenvalue weighted by Gasteiger charge is -2.26. The third-order valence-corrected chi connectivity index (χ3v) is 3.91. The van der Waals surface area contributed by atoms with Crippen molar-refractivity contribution >= 4 is 0 Å². The highest BCUT2D eigenvalue weighted by Crippen LogP contribution is 2.21. The lowest BCUT2D eigenvalue weighted by atomic mass is 10.1. The topological polar surface area (TPSA) is 6.48 Å². The highest BCUT2D eigenvalue weighted by atomic mass is 15.3. The molecule has 0 N–H and O–H groups in total. The summed E-state index contributed by atoms with van der Waals surface area (Å²) in [6.45, 7) is 11.4. The van der Waals surface area contributed by atoms with Crippen molar-refractivity contribution in [2.75, 3.05) is 32.7 Å². The fourth-order valence-corrected chi connectivity index (χ4v) is 2.93. The summed E-state index contributed by atoms with van der Waals surface area (Å²) in [5.74, 6) is 0.855. The molecule has 0 saturated carbocycles. The average Bonchev–Trinajstić information content (AvgIpc) is 2.53. The minimum atomic E-state index is 0.855. The molecule has 2 aliphatic rings. The molecule has 1 atom stereocenters. The van der Waals surface area contributed by atoms with Crippen LogP contribution >= 0.6 is 0 Å². The molecule has 0 amide bonds. The van der Waals surface area contributed by atoms with Gasteiger partial charge in [-0.3, -0.25) is 4.90 Å². The number of hydrogen-bond acceptors (Lipinski definition) is 2. The molecule has 0 radical (unpaired) electrons. The van der Waals surface area contributed by atoms with Crippen LogP contribution in [0.15, 0.2) is 0 Å². The summed E-state index contributed by atoms with van der Waals surface area (Å²) in [4.78, 5) is 5.42. The van der Waals surface area contributed by atoms with Gasteiger partial charge in [0.25, 0.3) is 0 Å². The second-order valence-corrected chi connectivity index (χ2v) is 5.67. The number of fused-ring (bicyclic) bond motifs is 1. The van der Waals surface area contributed by atoms with Crippen LogP contribution in [-0.4, -0.2) is 48.6 Å². The van der Waals surface area contributed by atoms with Crippen molar-refractivity contribution in [1.29, 1.82) is 0 Å². The molecule has 2 nitrogen and oxygen atoms in total. The van der Waals surface area contributed by atoms with E-state index >= 15 is 0 Å². The first-order valence-corrected chi connectivity index (χ1v) is 6.72.